The molecule has 2 aromatic carbocycles. The molecule has 0 radical (unpaired) electrons. The molecule has 1 N–H and O–H groups in total. The highest BCUT2D eigenvalue weighted by Crippen LogP contribution is 2.20. The SMILES string of the molecule is CC(C)(C)OC(=O)NCCCC(=O)CCCCCn1c2ccccc2c(=O)c2ccccc21. The van der Waals surface area contributed by atoms with Crippen molar-refractivity contribution in [3.63, 3.8) is 0 Å². The molecular weight excluding hydrogens is 416 g/mol. The minimum absolute atomic E-state index is 0.0733. The van der Waals surface area contributed by atoms with Crippen LogP contribution in [0.25, 0.3) is 21.8 Å². The Bertz CT molecular complexity index is 1110. The number of carbonyl (C=O) groups excluding carboxylic acids is 2. The van der Waals surface area contributed by atoms with Gasteiger partial charge in [0.05, 0.1) is 11.0 Å². The topological polar surface area (TPSA) is 77.4 Å². The molecule has 1 amide bonds. The van der Waals surface area contributed by atoms with Gasteiger partial charge in [0.2, 0.25) is 0 Å². The van der Waals surface area contributed by atoms with Gasteiger partial charge in [0.1, 0.15) is 11.4 Å². The van der Waals surface area contributed by atoms with E-state index in [1.165, 1.54) is 0 Å². The van der Waals surface area contributed by atoms with Gasteiger partial charge in [-0.3, -0.25) is 9.59 Å². The largest absolute Gasteiger partial charge is 0.444 e. The highest BCUT2D eigenvalue weighted by Gasteiger charge is 2.15. The first kappa shape index (κ1) is 24.5. The van der Waals surface area contributed by atoms with E-state index in [4.69, 9.17) is 4.74 Å². The number of pyridine rings is 1. The third-order valence-corrected chi connectivity index (χ3v) is 5.52. The number of benzene rings is 2. The molecule has 0 bridgehead atoms. The van der Waals surface area contributed by atoms with Crippen LogP contribution in [0.4, 0.5) is 4.79 Å². The summed E-state index contributed by atoms with van der Waals surface area (Å²) in [4.78, 5) is 36.6. The van der Waals surface area contributed by atoms with Crippen LogP contribution >= 0.6 is 0 Å². The molecule has 0 aliphatic rings. The van der Waals surface area contributed by atoms with Crippen LogP contribution in [0.5, 0.6) is 0 Å². The van der Waals surface area contributed by atoms with Crippen molar-refractivity contribution >= 4 is 33.7 Å². The van der Waals surface area contributed by atoms with Gasteiger partial charge >= 0.3 is 6.09 Å². The second-order valence-corrected chi connectivity index (χ2v) is 9.40. The number of hydrogen-bond acceptors (Lipinski definition) is 4. The fourth-order valence-corrected chi connectivity index (χ4v) is 4.00. The molecule has 0 saturated carbocycles. The van der Waals surface area contributed by atoms with Crippen molar-refractivity contribution in [2.75, 3.05) is 6.54 Å². The maximum atomic E-state index is 12.8. The van der Waals surface area contributed by atoms with Gasteiger partial charge < -0.3 is 14.6 Å². The molecule has 176 valence electrons. The average Bonchev–Trinajstić information content (AvgIpc) is 2.77. The van der Waals surface area contributed by atoms with Crippen LogP contribution in [0, 0.1) is 0 Å². The number of unbranched alkanes of at least 4 members (excludes halogenated alkanes) is 2. The van der Waals surface area contributed by atoms with Crippen LogP contribution in [-0.4, -0.2) is 28.6 Å². The van der Waals surface area contributed by atoms with E-state index in [0.717, 1.165) is 47.6 Å². The molecule has 0 unspecified atom stereocenters. The maximum absolute atomic E-state index is 12.8. The summed E-state index contributed by atoms with van der Waals surface area (Å²) in [5, 5.41) is 4.17. The zero-order valence-electron chi connectivity index (χ0n) is 19.9. The number of carbonyl (C=O) groups is 2. The summed E-state index contributed by atoms with van der Waals surface area (Å²) in [6.45, 7) is 6.69. The second kappa shape index (κ2) is 11.1. The number of ether oxygens (including phenoxy) is 1. The van der Waals surface area contributed by atoms with Gasteiger partial charge in [-0.25, -0.2) is 4.79 Å². The van der Waals surface area contributed by atoms with Gasteiger partial charge in [-0.2, -0.15) is 0 Å². The molecule has 0 fully saturated rings. The molecule has 0 aliphatic carbocycles. The minimum Gasteiger partial charge on any atom is -0.444 e. The zero-order chi connectivity index (χ0) is 23.8. The molecular formula is C27H34N2O4. The Morgan fingerprint density at radius 3 is 2.03 bits per heavy atom. The van der Waals surface area contributed by atoms with Crippen molar-refractivity contribution in [3.05, 3.63) is 58.8 Å². The third-order valence-electron chi connectivity index (χ3n) is 5.52. The fraction of sp³-hybridized carbons (Fsp3) is 0.444. The van der Waals surface area contributed by atoms with Gasteiger partial charge in [0.15, 0.2) is 5.43 Å². The van der Waals surface area contributed by atoms with Crippen molar-refractivity contribution in [3.8, 4) is 0 Å². The summed E-state index contributed by atoms with van der Waals surface area (Å²) < 4.78 is 7.40. The monoisotopic (exact) mass is 450 g/mol. The van der Waals surface area contributed by atoms with E-state index in [-0.39, 0.29) is 11.2 Å². The summed E-state index contributed by atoms with van der Waals surface area (Å²) in [5.41, 5.74) is 1.46. The Hall–Kier alpha value is -3.15. The molecule has 0 aliphatic heterocycles. The van der Waals surface area contributed by atoms with Gasteiger partial charge in [-0.1, -0.05) is 30.7 Å². The Labute approximate surface area is 194 Å². The predicted octanol–water partition coefficient (Wildman–Crippen LogP) is 5.59. The highest BCUT2D eigenvalue weighted by atomic mass is 16.6. The van der Waals surface area contributed by atoms with Crippen molar-refractivity contribution < 1.29 is 14.3 Å². The number of fused-ring (bicyclic) bond motifs is 2. The fourth-order valence-electron chi connectivity index (χ4n) is 4.00. The van der Waals surface area contributed by atoms with Crippen molar-refractivity contribution in [1.29, 1.82) is 0 Å². The predicted molar refractivity (Wildman–Crippen MR) is 133 cm³/mol. The van der Waals surface area contributed by atoms with Crippen LogP contribution in [0.1, 0.15) is 59.3 Å². The molecule has 1 aromatic heterocycles. The second-order valence-electron chi connectivity index (χ2n) is 9.40. The molecule has 1 heterocycles. The summed E-state index contributed by atoms with van der Waals surface area (Å²) in [6, 6.07) is 15.5. The highest BCUT2D eigenvalue weighted by molar-refractivity contribution is 5.93. The number of nitrogens with zero attached hydrogens (tertiary/aromatic N) is 1. The maximum Gasteiger partial charge on any atom is 0.407 e. The van der Waals surface area contributed by atoms with Gasteiger partial charge in [-0.15, -0.1) is 0 Å². The third kappa shape index (κ3) is 6.91. The molecule has 0 saturated heterocycles. The lowest BCUT2D eigenvalue weighted by Crippen LogP contribution is -2.33. The van der Waals surface area contributed by atoms with Gasteiger partial charge in [0.25, 0.3) is 0 Å². The van der Waals surface area contributed by atoms with E-state index in [1.54, 1.807) is 0 Å². The number of hydrogen-bond donors (Lipinski definition) is 1. The summed E-state index contributed by atoms with van der Waals surface area (Å²) in [6.07, 6.45) is 3.91. The Kier molecular flexibility index (Phi) is 8.26. The Morgan fingerprint density at radius 1 is 0.848 bits per heavy atom. The van der Waals surface area contributed by atoms with E-state index in [1.807, 2.05) is 69.3 Å². The Morgan fingerprint density at radius 2 is 1.42 bits per heavy atom. The molecule has 33 heavy (non-hydrogen) atoms. The summed E-state index contributed by atoms with van der Waals surface area (Å²) in [7, 11) is 0. The molecule has 6 nitrogen and oxygen atoms in total. The van der Waals surface area contributed by atoms with E-state index >= 15 is 0 Å². The number of para-hydroxylation sites is 2. The first-order chi connectivity index (χ1) is 15.8. The van der Waals surface area contributed by atoms with Crippen LogP contribution < -0.4 is 10.7 Å². The van der Waals surface area contributed by atoms with E-state index < -0.39 is 11.7 Å². The molecule has 6 heteroatoms. The van der Waals surface area contributed by atoms with Crippen molar-refractivity contribution in [1.82, 2.24) is 9.88 Å². The summed E-state index contributed by atoms with van der Waals surface area (Å²) >= 11 is 0. The van der Waals surface area contributed by atoms with E-state index in [9.17, 15) is 14.4 Å². The average molecular weight is 451 g/mol. The lowest BCUT2D eigenvalue weighted by atomic mass is 10.1. The van der Waals surface area contributed by atoms with E-state index in [2.05, 4.69) is 9.88 Å². The lowest BCUT2D eigenvalue weighted by molar-refractivity contribution is -0.119. The quantitative estimate of drug-likeness (QED) is 0.323. The number of amides is 1. The van der Waals surface area contributed by atoms with Crippen LogP contribution in [0.2, 0.25) is 0 Å². The number of aryl methyl sites for hydroxylation is 1. The number of Topliss-reactive ketones (excluding diaryl/α,β-unsaturated/α-hetero) is 1. The smallest absolute Gasteiger partial charge is 0.407 e. The van der Waals surface area contributed by atoms with Gasteiger partial charge in [-0.05, 0) is 64.3 Å². The van der Waals surface area contributed by atoms with E-state index in [0.29, 0.717) is 25.8 Å². The van der Waals surface area contributed by atoms with Crippen LogP contribution in [-0.2, 0) is 16.1 Å². The molecule has 3 rings (SSSR count). The summed E-state index contributed by atoms with van der Waals surface area (Å²) in [5.74, 6) is 0.222. The first-order valence-electron chi connectivity index (χ1n) is 11.7. The number of alkyl carbamates (subject to hydrolysis) is 1. The van der Waals surface area contributed by atoms with Crippen LogP contribution in [0.15, 0.2) is 53.3 Å². The van der Waals surface area contributed by atoms with Gasteiger partial charge in [0, 0.05) is 36.7 Å². The van der Waals surface area contributed by atoms with Crippen LogP contribution in [0.3, 0.4) is 0 Å². The number of ketones is 1. The molecule has 0 spiro atoms. The standard InChI is InChI=1S/C27H34N2O4/c1-27(2,3)33-26(32)28-18-11-13-20(30)12-5-4-10-19-29-23-16-8-6-14-21(23)25(31)22-15-7-9-17-24(22)29/h6-9,14-17H,4-5,10-13,18-19H2,1-3H3,(H,28,32). The zero-order valence-corrected chi connectivity index (χ0v) is 19.9. The lowest BCUT2D eigenvalue weighted by Gasteiger charge is -2.19. The van der Waals surface area contributed by atoms with Crippen molar-refractivity contribution in [2.45, 2.75) is 71.4 Å². The first-order valence-corrected chi connectivity index (χ1v) is 11.7. The van der Waals surface area contributed by atoms with Crippen molar-refractivity contribution in [2.24, 2.45) is 0 Å². The Balaban J connectivity index is 1.44. The number of aromatic nitrogens is 1. The number of rotatable bonds is 10. The molecule has 3 aromatic rings. The number of nitrogens with one attached hydrogen (secondary N) is 1. The normalized spacial score (nSPS) is 11.6. The molecule has 0 atom stereocenters. The minimum atomic E-state index is -0.520.